The first kappa shape index (κ1) is 9.65. The Labute approximate surface area is 63.8 Å². The number of carbonyl (C=O) groups is 1. The minimum atomic E-state index is -0.303. The highest BCUT2D eigenvalue weighted by molar-refractivity contribution is 6.22. The van der Waals surface area contributed by atoms with E-state index in [-0.39, 0.29) is 21.6 Å². The molecule has 0 unspecified atom stereocenters. The summed E-state index contributed by atoms with van der Waals surface area (Å²) in [6, 6.07) is 0. The van der Waals surface area contributed by atoms with Crippen molar-refractivity contribution in [2.24, 2.45) is 0 Å². The van der Waals surface area contributed by atoms with Gasteiger partial charge in [-0.05, 0) is 20.8 Å². The highest BCUT2D eigenvalue weighted by atomic mass is 28.3. The van der Waals surface area contributed by atoms with Crippen LogP contribution in [0, 0.1) is 0 Å². The third-order valence-corrected chi connectivity index (χ3v) is 1.60. The monoisotopic (exact) mass is 160 g/mol. The van der Waals surface area contributed by atoms with Gasteiger partial charge in [-0.15, -0.1) is 0 Å². The van der Waals surface area contributed by atoms with Crippen molar-refractivity contribution >= 4 is 16.0 Å². The van der Waals surface area contributed by atoms with Crippen molar-refractivity contribution in [1.82, 2.24) is 0 Å². The van der Waals surface area contributed by atoms with Crippen molar-refractivity contribution in [3.63, 3.8) is 0 Å². The fraction of sp³-hybridized carbons (Fsp3) is 0.833. The second-order valence-electron chi connectivity index (χ2n) is 2.89. The van der Waals surface area contributed by atoms with Gasteiger partial charge in [-0.2, -0.15) is 0 Å². The molecule has 0 saturated carbocycles. The molecule has 0 aliphatic rings. The van der Waals surface area contributed by atoms with E-state index in [1.54, 1.807) is 0 Å². The van der Waals surface area contributed by atoms with Crippen LogP contribution in [0.1, 0.15) is 27.7 Å². The molecule has 0 spiro atoms. The van der Waals surface area contributed by atoms with Gasteiger partial charge in [0.15, 0.2) is 0 Å². The Kier molecular flexibility index (Phi) is 3.60. The molecule has 10 heavy (non-hydrogen) atoms. The molecule has 0 amide bonds. The molecule has 0 heterocycles. The van der Waals surface area contributed by atoms with Gasteiger partial charge in [0.25, 0.3) is 5.97 Å². The molecule has 0 aliphatic heterocycles. The van der Waals surface area contributed by atoms with Crippen molar-refractivity contribution in [1.29, 1.82) is 0 Å². The van der Waals surface area contributed by atoms with Gasteiger partial charge < -0.3 is 8.85 Å². The van der Waals surface area contributed by atoms with Gasteiger partial charge in [0, 0.05) is 6.92 Å². The second kappa shape index (κ2) is 3.73. The quantitative estimate of drug-likeness (QED) is 0.563. The molecule has 0 rings (SSSR count). The molecule has 4 heteroatoms. The number of rotatable bonds is 2. The average molecular weight is 160 g/mol. The number of hydrogen-bond acceptors (Lipinski definition) is 3. The van der Waals surface area contributed by atoms with E-state index in [9.17, 15) is 4.79 Å². The Balaban J connectivity index is 3.29. The van der Waals surface area contributed by atoms with Gasteiger partial charge in [-0.3, -0.25) is 4.79 Å². The fourth-order valence-electron chi connectivity index (χ4n) is 0.205. The van der Waals surface area contributed by atoms with Crippen LogP contribution in [0.25, 0.3) is 0 Å². The van der Waals surface area contributed by atoms with Crippen LogP contribution in [-0.2, 0) is 13.6 Å². The van der Waals surface area contributed by atoms with Crippen molar-refractivity contribution in [2.75, 3.05) is 0 Å². The van der Waals surface area contributed by atoms with E-state index >= 15 is 0 Å². The van der Waals surface area contributed by atoms with E-state index in [1.165, 1.54) is 6.92 Å². The Bertz CT molecular complexity index is 117. The second-order valence-corrected chi connectivity index (χ2v) is 3.47. The van der Waals surface area contributed by atoms with Gasteiger partial charge in [-0.25, -0.2) is 0 Å². The van der Waals surface area contributed by atoms with Crippen LogP contribution in [0.3, 0.4) is 0 Å². The Morgan fingerprint density at radius 2 is 1.90 bits per heavy atom. The van der Waals surface area contributed by atoms with Crippen LogP contribution in [-0.4, -0.2) is 21.6 Å². The first-order valence-corrected chi connectivity index (χ1v) is 3.84. The normalized spacial score (nSPS) is 11.2. The molecule has 0 saturated heterocycles. The van der Waals surface area contributed by atoms with Gasteiger partial charge in [0.2, 0.25) is 0 Å². The molecule has 0 aliphatic carbocycles. The predicted molar refractivity (Wildman–Crippen MR) is 38.4 cm³/mol. The van der Waals surface area contributed by atoms with Crippen LogP contribution < -0.4 is 0 Å². The molecule has 0 aromatic carbocycles. The van der Waals surface area contributed by atoms with E-state index in [4.69, 9.17) is 4.43 Å². The zero-order chi connectivity index (χ0) is 8.20. The number of carbonyl (C=O) groups excluding carboxylic acids is 1. The topological polar surface area (TPSA) is 35.5 Å². The maximum absolute atomic E-state index is 10.2. The zero-order valence-corrected chi connectivity index (χ0v) is 7.72. The summed E-state index contributed by atoms with van der Waals surface area (Å²) in [6.45, 7) is 7.08. The fourth-order valence-corrected chi connectivity index (χ4v) is 0.614. The lowest BCUT2D eigenvalue weighted by atomic mass is 10.2. The average Bonchev–Trinajstić information content (AvgIpc) is 1.59. The predicted octanol–water partition coefficient (Wildman–Crippen LogP) is 0.899. The van der Waals surface area contributed by atoms with Crippen molar-refractivity contribution in [3.05, 3.63) is 0 Å². The van der Waals surface area contributed by atoms with Crippen LogP contribution >= 0.6 is 0 Å². The standard InChI is InChI=1S/C6H12O3Si/c1-5(7)8-10-9-6(2,3)4/h1-4H3. The van der Waals surface area contributed by atoms with Crippen molar-refractivity contribution in [2.45, 2.75) is 33.3 Å². The smallest absolute Gasteiger partial charge is 0.491 e. The van der Waals surface area contributed by atoms with E-state index in [2.05, 4.69) is 4.43 Å². The van der Waals surface area contributed by atoms with E-state index in [0.717, 1.165) is 0 Å². The number of hydrogen-bond donors (Lipinski definition) is 0. The molecular weight excluding hydrogens is 148 g/mol. The first-order chi connectivity index (χ1) is 4.42. The van der Waals surface area contributed by atoms with Gasteiger partial charge in [-0.1, -0.05) is 0 Å². The summed E-state index contributed by atoms with van der Waals surface area (Å²) in [7, 11) is -0.186. The highest BCUT2D eigenvalue weighted by Crippen LogP contribution is 2.04. The summed E-state index contributed by atoms with van der Waals surface area (Å²) < 4.78 is 9.71. The lowest BCUT2D eigenvalue weighted by molar-refractivity contribution is -0.133. The summed E-state index contributed by atoms with van der Waals surface area (Å²) in [6.07, 6.45) is 0. The van der Waals surface area contributed by atoms with Crippen LogP contribution in [0.2, 0.25) is 0 Å². The third-order valence-electron chi connectivity index (χ3n) is 0.533. The SMILES string of the molecule is CC(=O)O[Si]OC(C)(C)C. The van der Waals surface area contributed by atoms with Crippen molar-refractivity contribution < 1.29 is 13.6 Å². The molecule has 0 aromatic rings. The highest BCUT2D eigenvalue weighted by Gasteiger charge is 2.12. The van der Waals surface area contributed by atoms with Gasteiger partial charge in [0.05, 0.1) is 5.60 Å². The third kappa shape index (κ3) is 7.65. The van der Waals surface area contributed by atoms with Gasteiger partial charge in [0.1, 0.15) is 0 Å². The summed E-state index contributed by atoms with van der Waals surface area (Å²) in [4.78, 5) is 10.2. The minimum Gasteiger partial charge on any atom is -0.491 e. The van der Waals surface area contributed by atoms with Crippen LogP contribution in [0.4, 0.5) is 0 Å². The zero-order valence-electron chi connectivity index (χ0n) is 6.72. The maximum Gasteiger partial charge on any atom is 0.523 e. The molecule has 0 N–H and O–H groups in total. The lowest BCUT2D eigenvalue weighted by Crippen LogP contribution is -2.24. The Morgan fingerprint density at radius 3 is 2.20 bits per heavy atom. The van der Waals surface area contributed by atoms with E-state index in [1.807, 2.05) is 20.8 Å². The minimum absolute atomic E-state index is 0.186. The molecular formula is C6H12O3Si. The summed E-state index contributed by atoms with van der Waals surface area (Å²) in [5, 5.41) is 0. The molecule has 58 valence electrons. The van der Waals surface area contributed by atoms with Crippen molar-refractivity contribution in [3.8, 4) is 0 Å². The molecule has 2 radical (unpaired) electrons. The summed E-state index contributed by atoms with van der Waals surface area (Å²) >= 11 is 0. The van der Waals surface area contributed by atoms with Crippen LogP contribution in [0.15, 0.2) is 0 Å². The maximum atomic E-state index is 10.2. The first-order valence-electron chi connectivity index (χ1n) is 3.02. The summed E-state index contributed by atoms with van der Waals surface area (Å²) in [5.74, 6) is -0.303. The van der Waals surface area contributed by atoms with Gasteiger partial charge >= 0.3 is 10.0 Å². The van der Waals surface area contributed by atoms with Crippen LogP contribution in [0.5, 0.6) is 0 Å². The van der Waals surface area contributed by atoms with E-state index < -0.39 is 0 Å². The Hall–Kier alpha value is -0.353. The lowest BCUT2D eigenvalue weighted by Gasteiger charge is -2.17. The molecule has 0 fully saturated rings. The molecule has 0 atom stereocenters. The Morgan fingerprint density at radius 1 is 1.40 bits per heavy atom. The molecule has 3 nitrogen and oxygen atoms in total. The molecule has 0 aromatic heterocycles. The van der Waals surface area contributed by atoms with E-state index in [0.29, 0.717) is 0 Å². The largest absolute Gasteiger partial charge is 0.523 e. The molecule has 0 bridgehead atoms. The summed E-state index contributed by atoms with van der Waals surface area (Å²) in [5.41, 5.74) is -0.228.